The van der Waals surface area contributed by atoms with Gasteiger partial charge in [0.15, 0.2) is 6.61 Å². The Bertz CT molecular complexity index is 1110. The van der Waals surface area contributed by atoms with Crippen LogP contribution < -0.4 is 0 Å². The molecule has 29 heavy (non-hydrogen) atoms. The summed E-state index contributed by atoms with van der Waals surface area (Å²) in [5, 5.41) is 11.5. The van der Waals surface area contributed by atoms with Gasteiger partial charge in [-0.25, -0.2) is 4.79 Å². The average molecular weight is 412 g/mol. The summed E-state index contributed by atoms with van der Waals surface area (Å²) >= 11 is 1.17. The van der Waals surface area contributed by atoms with Crippen molar-refractivity contribution in [2.24, 2.45) is 0 Å². The van der Waals surface area contributed by atoms with E-state index in [2.05, 4.69) is 6.07 Å². The molecular weight excluding hydrogens is 392 g/mol. The highest BCUT2D eigenvalue weighted by Crippen LogP contribution is 2.29. The molecule has 2 aromatic carbocycles. The molecule has 0 aliphatic carbocycles. The number of carbonyl (C=O) groups excluding carboxylic acids is 2. The standard InChI is InChI=1S/C21H20N2O5S/c1-13-4-5-15(14(2)8-13)11-22(3)20(24)12-28-21(25)19-10-16-9-17(23(26)27)6-7-18(16)29-19/h4-10H,11-12H2,1-3H3. The van der Waals surface area contributed by atoms with Crippen LogP contribution >= 0.6 is 11.3 Å². The van der Waals surface area contributed by atoms with Gasteiger partial charge in [-0.15, -0.1) is 11.3 Å². The summed E-state index contributed by atoms with van der Waals surface area (Å²) in [6.07, 6.45) is 0. The Morgan fingerprint density at radius 2 is 1.90 bits per heavy atom. The van der Waals surface area contributed by atoms with Gasteiger partial charge in [0.2, 0.25) is 0 Å². The molecule has 150 valence electrons. The van der Waals surface area contributed by atoms with Gasteiger partial charge in [0.25, 0.3) is 11.6 Å². The minimum atomic E-state index is -0.623. The summed E-state index contributed by atoms with van der Waals surface area (Å²) in [4.78, 5) is 36.8. The molecule has 1 heterocycles. The Morgan fingerprint density at radius 1 is 1.14 bits per heavy atom. The number of benzene rings is 2. The zero-order valence-electron chi connectivity index (χ0n) is 16.3. The van der Waals surface area contributed by atoms with Crippen LogP contribution in [0.3, 0.4) is 0 Å². The average Bonchev–Trinajstić information content (AvgIpc) is 3.11. The maximum absolute atomic E-state index is 12.3. The summed E-state index contributed by atoms with van der Waals surface area (Å²) in [7, 11) is 1.66. The first-order chi connectivity index (χ1) is 13.7. The van der Waals surface area contributed by atoms with E-state index in [-0.39, 0.29) is 18.2 Å². The molecule has 3 rings (SSSR count). The van der Waals surface area contributed by atoms with Crippen molar-refractivity contribution in [3.8, 4) is 0 Å². The summed E-state index contributed by atoms with van der Waals surface area (Å²) < 4.78 is 5.89. The largest absolute Gasteiger partial charge is 0.451 e. The fourth-order valence-corrected chi connectivity index (χ4v) is 3.86. The lowest BCUT2D eigenvalue weighted by molar-refractivity contribution is -0.384. The molecule has 0 bridgehead atoms. The second kappa shape index (κ2) is 8.40. The summed E-state index contributed by atoms with van der Waals surface area (Å²) in [5.74, 6) is -0.933. The summed E-state index contributed by atoms with van der Waals surface area (Å²) in [6, 6.07) is 12.0. The van der Waals surface area contributed by atoms with E-state index in [0.29, 0.717) is 16.8 Å². The molecule has 1 aromatic heterocycles. The van der Waals surface area contributed by atoms with Gasteiger partial charge in [-0.05, 0) is 37.1 Å². The number of ether oxygens (including phenoxy) is 1. The van der Waals surface area contributed by atoms with Gasteiger partial charge in [-0.1, -0.05) is 23.8 Å². The minimum absolute atomic E-state index is 0.0431. The van der Waals surface area contributed by atoms with E-state index in [4.69, 9.17) is 4.74 Å². The van der Waals surface area contributed by atoms with Crippen LogP contribution in [0.2, 0.25) is 0 Å². The van der Waals surface area contributed by atoms with Crippen molar-refractivity contribution in [2.75, 3.05) is 13.7 Å². The van der Waals surface area contributed by atoms with Crippen LogP contribution in [0.4, 0.5) is 5.69 Å². The summed E-state index contributed by atoms with van der Waals surface area (Å²) in [6.45, 7) is 4.06. The molecule has 7 nitrogen and oxygen atoms in total. The van der Waals surface area contributed by atoms with E-state index in [1.807, 2.05) is 26.0 Å². The highest BCUT2D eigenvalue weighted by atomic mass is 32.1. The smallest absolute Gasteiger partial charge is 0.348 e. The lowest BCUT2D eigenvalue weighted by atomic mass is 10.1. The molecule has 0 saturated heterocycles. The predicted molar refractivity (Wildman–Crippen MR) is 111 cm³/mol. The first-order valence-corrected chi connectivity index (χ1v) is 9.71. The number of fused-ring (bicyclic) bond motifs is 1. The van der Waals surface area contributed by atoms with Crippen molar-refractivity contribution < 1.29 is 19.2 Å². The number of carbonyl (C=O) groups is 2. The molecule has 8 heteroatoms. The topological polar surface area (TPSA) is 89.8 Å². The molecule has 0 N–H and O–H groups in total. The van der Waals surface area contributed by atoms with E-state index in [9.17, 15) is 19.7 Å². The van der Waals surface area contributed by atoms with Crippen LogP contribution in [-0.4, -0.2) is 35.4 Å². The fourth-order valence-electron chi connectivity index (χ4n) is 2.92. The lowest BCUT2D eigenvalue weighted by Gasteiger charge is -2.18. The lowest BCUT2D eigenvalue weighted by Crippen LogP contribution is -2.31. The SMILES string of the molecule is Cc1ccc(CN(C)C(=O)COC(=O)c2cc3cc([N+](=O)[O-])ccc3s2)c(C)c1. The minimum Gasteiger partial charge on any atom is -0.451 e. The van der Waals surface area contributed by atoms with Gasteiger partial charge in [-0.3, -0.25) is 14.9 Å². The number of hydrogen-bond acceptors (Lipinski definition) is 6. The van der Waals surface area contributed by atoms with Gasteiger partial charge in [0.1, 0.15) is 4.88 Å². The van der Waals surface area contributed by atoms with Crippen molar-refractivity contribution in [1.82, 2.24) is 4.90 Å². The van der Waals surface area contributed by atoms with Gasteiger partial charge in [0, 0.05) is 35.8 Å². The van der Waals surface area contributed by atoms with Crippen molar-refractivity contribution in [2.45, 2.75) is 20.4 Å². The van der Waals surface area contributed by atoms with Gasteiger partial charge >= 0.3 is 5.97 Å². The third-order valence-electron chi connectivity index (χ3n) is 4.57. The number of rotatable bonds is 6. The molecule has 0 atom stereocenters. The van der Waals surface area contributed by atoms with E-state index in [1.54, 1.807) is 19.2 Å². The number of hydrogen-bond donors (Lipinski definition) is 0. The fraction of sp³-hybridized carbons (Fsp3) is 0.238. The quantitative estimate of drug-likeness (QED) is 0.343. The number of amides is 1. The molecule has 0 unspecified atom stereocenters. The molecule has 1 amide bonds. The van der Waals surface area contributed by atoms with E-state index < -0.39 is 10.9 Å². The number of esters is 1. The highest BCUT2D eigenvalue weighted by Gasteiger charge is 2.17. The zero-order chi connectivity index (χ0) is 21.1. The van der Waals surface area contributed by atoms with Crippen LogP contribution in [-0.2, 0) is 16.1 Å². The monoisotopic (exact) mass is 412 g/mol. The number of thiophene rings is 1. The Balaban J connectivity index is 1.61. The molecule has 0 radical (unpaired) electrons. The highest BCUT2D eigenvalue weighted by molar-refractivity contribution is 7.20. The zero-order valence-corrected chi connectivity index (χ0v) is 17.1. The second-order valence-corrected chi connectivity index (χ2v) is 7.93. The Kier molecular flexibility index (Phi) is 5.93. The van der Waals surface area contributed by atoms with Gasteiger partial charge in [-0.2, -0.15) is 0 Å². The number of likely N-dealkylation sites (N-methyl/N-ethyl adjacent to an activating group) is 1. The number of nitro benzene ring substituents is 1. The van der Waals surface area contributed by atoms with E-state index in [1.165, 1.54) is 28.4 Å². The molecule has 0 aliphatic rings. The summed E-state index contributed by atoms with van der Waals surface area (Å²) in [5.41, 5.74) is 3.24. The van der Waals surface area contributed by atoms with Crippen LogP contribution in [0.15, 0.2) is 42.5 Å². The van der Waals surface area contributed by atoms with Crippen LogP contribution in [0.1, 0.15) is 26.4 Å². The number of aryl methyl sites for hydroxylation is 2. The van der Waals surface area contributed by atoms with E-state index >= 15 is 0 Å². The number of nitro groups is 1. The Hall–Kier alpha value is -3.26. The van der Waals surface area contributed by atoms with E-state index in [0.717, 1.165) is 21.4 Å². The van der Waals surface area contributed by atoms with Crippen LogP contribution in [0, 0.1) is 24.0 Å². The molecule has 0 saturated carbocycles. The van der Waals surface area contributed by atoms with Crippen LogP contribution in [0.25, 0.3) is 10.1 Å². The maximum atomic E-state index is 12.3. The van der Waals surface area contributed by atoms with Crippen molar-refractivity contribution in [3.05, 3.63) is 74.1 Å². The van der Waals surface area contributed by atoms with Crippen LogP contribution in [0.5, 0.6) is 0 Å². The Morgan fingerprint density at radius 3 is 2.59 bits per heavy atom. The molecule has 0 fully saturated rings. The Labute approximate surface area is 171 Å². The van der Waals surface area contributed by atoms with Crippen molar-refractivity contribution >= 4 is 39.0 Å². The number of nitrogens with zero attached hydrogens (tertiary/aromatic N) is 2. The third-order valence-corrected chi connectivity index (χ3v) is 5.67. The first-order valence-electron chi connectivity index (χ1n) is 8.90. The molecule has 3 aromatic rings. The van der Waals surface area contributed by atoms with Crippen molar-refractivity contribution in [1.29, 1.82) is 0 Å². The van der Waals surface area contributed by atoms with Crippen molar-refractivity contribution in [3.63, 3.8) is 0 Å². The third kappa shape index (κ3) is 4.78. The van der Waals surface area contributed by atoms with Gasteiger partial charge < -0.3 is 9.64 Å². The molecule has 0 aliphatic heterocycles. The second-order valence-electron chi connectivity index (χ2n) is 6.85. The first kappa shape index (κ1) is 20.5. The molecule has 0 spiro atoms. The predicted octanol–water partition coefficient (Wildman–Crippen LogP) is 4.24. The maximum Gasteiger partial charge on any atom is 0.348 e. The number of non-ortho nitro benzene ring substituents is 1. The molecular formula is C21H20N2O5S. The normalized spacial score (nSPS) is 10.7. The van der Waals surface area contributed by atoms with Gasteiger partial charge in [0.05, 0.1) is 4.92 Å².